The van der Waals surface area contributed by atoms with Crippen molar-refractivity contribution < 1.29 is 14.6 Å². The number of hydrogen-bond donors (Lipinski definition) is 2. The Balaban J connectivity index is 4.58. The van der Waals surface area contributed by atoms with Crippen molar-refractivity contribution in [3.05, 3.63) is 0 Å². The van der Waals surface area contributed by atoms with E-state index >= 15 is 0 Å². The molecule has 0 aliphatic rings. The summed E-state index contributed by atoms with van der Waals surface area (Å²) < 4.78 is 5.17. The predicted octanol–water partition coefficient (Wildman–Crippen LogP) is 2.45. The first-order chi connectivity index (χ1) is 8.56. The zero-order valence-corrected chi connectivity index (χ0v) is 12.7. The Morgan fingerprint density at radius 3 is 2.26 bits per heavy atom. The number of aliphatic hydroxyl groups is 1. The van der Waals surface area contributed by atoms with Crippen LogP contribution in [0, 0.1) is 23.2 Å². The van der Waals surface area contributed by atoms with Crippen molar-refractivity contribution in [2.75, 3.05) is 0 Å². The lowest BCUT2D eigenvalue weighted by Crippen LogP contribution is -2.48. The molecule has 110 valence electrons. The lowest BCUT2D eigenvalue weighted by Gasteiger charge is -2.29. The van der Waals surface area contributed by atoms with Gasteiger partial charge in [0.2, 0.25) is 0 Å². The minimum absolute atomic E-state index is 0.0495. The van der Waals surface area contributed by atoms with Gasteiger partial charge in [0, 0.05) is 5.92 Å². The van der Waals surface area contributed by atoms with Gasteiger partial charge in [0.25, 0.3) is 0 Å². The largest absolute Gasteiger partial charge is 0.444 e. The highest BCUT2D eigenvalue weighted by atomic mass is 16.6. The summed E-state index contributed by atoms with van der Waals surface area (Å²) in [7, 11) is 0. The van der Waals surface area contributed by atoms with Crippen LogP contribution in [0.4, 0.5) is 4.79 Å². The van der Waals surface area contributed by atoms with E-state index in [1.54, 1.807) is 27.7 Å². The Kier molecular flexibility index (Phi) is 6.85. The average molecular weight is 270 g/mol. The summed E-state index contributed by atoms with van der Waals surface area (Å²) in [5.41, 5.74) is -0.573. The highest BCUT2D eigenvalue weighted by Gasteiger charge is 2.28. The molecule has 0 aromatic carbocycles. The van der Waals surface area contributed by atoms with Crippen LogP contribution in [0.2, 0.25) is 0 Å². The summed E-state index contributed by atoms with van der Waals surface area (Å²) in [6.45, 7) is 10.9. The lowest BCUT2D eigenvalue weighted by molar-refractivity contribution is 0.0349. The molecule has 0 aliphatic heterocycles. The minimum atomic E-state index is -0.762. The second-order valence-corrected chi connectivity index (χ2v) is 6.25. The van der Waals surface area contributed by atoms with Crippen LogP contribution in [0.15, 0.2) is 0 Å². The van der Waals surface area contributed by atoms with Crippen LogP contribution in [0.3, 0.4) is 0 Å². The molecule has 5 nitrogen and oxygen atoms in total. The van der Waals surface area contributed by atoms with Gasteiger partial charge in [0.15, 0.2) is 0 Å². The number of rotatable bonds is 5. The quantitative estimate of drug-likeness (QED) is 0.804. The number of hydrogen-bond acceptors (Lipinski definition) is 4. The molecule has 0 heterocycles. The molecule has 0 spiro atoms. The zero-order valence-electron chi connectivity index (χ0n) is 12.7. The number of carbonyl (C=O) groups excluding carboxylic acids is 1. The SMILES string of the molecule is CC(C)[C@H](NC(=O)OC(C)(C)C)[C@@H](O)C[C@@H](C)C#N. The van der Waals surface area contributed by atoms with Gasteiger partial charge < -0.3 is 15.2 Å². The van der Waals surface area contributed by atoms with E-state index in [1.807, 2.05) is 13.8 Å². The number of alkyl carbamates (subject to hydrolysis) is 1. The third-order valence-corrected chi connectivity index (χ3v) is 2.63. The van der Waals surface area contributed by atoms with Gasteiger partial charge >= 0.3 is 6.09 Å². The number of nitriles is 1. The summed E-state index contributed by atoms with van der Waals surface area (Å²) in [4.78, 5) is 11.7. The Bertz CT molecular complexity index is 329. The van der Waals surface area contributed by atoms with Crippen molar-refractivity contribution in [1.29, 1.82) is 5.26 Å². The molecule has 5 heteroatoms. The van der Waals surface area contributed by atoms with Gasteiger partial charge in [0.05, 0.1) is 18.2 Å². The van der Waals surface area contributed by atoms with E-state index in [0.29, 0.717) is 6.42 Å². The number of ether oxygens (including phenoxy) is 1. The van der Waals surface area contributed by atoms with Crippen LogP contribution in [0.1, 0.15) is 48.0 Å². The maximum Gasteiger partial charge on any atom is 0.407 e. The topological polar surface area (TPSA) is 82.3 Å². The number of nitrogens with one attached hydrogen (secondary N) is 1. The van der Waals surface area contributed by atoms with Crippen molar-refractivity contribution in [3.63, 3.8) is 0 Å². The maximum absolute atomic E-state index is 11.7. The molecule has 0 fully saturated rings. The first kappa shape index (κ1) is 17.7. The highest BCUT2D eigenvalue weighted by Crippen LogP contribution is 2.15. The van der Waals surface area contributed by atoms with Gasteiger partial charge in [-0.1, -0.05) is 13.8 Å². The lowest BCUT2D eigenvalue weighted by atomic mass is 9.92. The summed E-state index contributed by atoms with van der Waals surface area (Å²) >= 11 is 0. The van der Waals surface area contributed by atoms with Crippen molar-refractivity contribution in [2.24, 2.45) is 11.8 Å². The van der Waals surface area contributed by atoms with Crippen molar-refractivity contribution in [2.45, 2.75) is 65.7 Å². The molecule has 1 amide bonds. The van der Waals surface area contributed by atoms with Crippen molar-refractivity contribution in [1.82, 2.24) is 5.32 Å². The minimum Gasteiger partial charge on any atom is -0.444 e. The van der Waals surface area contributed by atoms with E-state index in [4.69, 9.17) is 10.00 Å². The van der Waals surface area contributed by atoms with Gasteiger partial charge in [-0.25, -0.2) is 4.79 Å². The molecular formula is C14H26N2O3. The molecule has 0 aliphatic carbocycles. The van der Waals surface area contributed by atoms with Crippen LogP contribution in [0.5, 0.6) is 0 Å². The van der Waals surface area contributed by atoms with Crippen molar-refractivity contribution >= 4 is 6.09 Å². The third-order valence-electron chi connectivity index (χ3n) is 2.63. The van der Waals surface area contributed by atoms with Crippen LogP contribution in [-0.2, 0) is 4.74 Å². The van der Waals surface area contributed by atoms with E-state index < -0.39 is 23.8 Å². The predicted molar refractivity (Wildman–Crippen MR) is 73.4 cm³/mol. The van der Waals surface area contributed by atoms with Crippen molar-refractivity contribution in [3.8, 4) is 6.07 Å². The standard InChI is InChI=1S/C14H26N2O3/c1-9(2)12(11(17)7-10(3)8-15)16-13(18)19-14(4,5)6/h9-12,17H,7H2,1-6H3,(H,16,18)/t10-,11+,12+/m1/s1. The van der Waals surface area contributed by atoms with Crippen LogP contribution in [0.25, 0.3) is 0 Å². The molecule has 0 unspecified atom stereocenters. The molecule has 0 aromatic heterocycles. The van der Waals surface area contributed by atoms with E-state index in [9.17, 15) is 9.90 Å². The summed E-state index contributed by atoms with van der Waals surface area (Å²) in [6.07, 6.45) is -0.980. The summed E-state index contributed by atoms with van der Waals surface area (Å²) in [5, 5.41) is 21.6. The number of nitrogens with zero attached hydrogens (tertiary/aromatic N) is 1. The Morgan fingerprint density at radius 2 is 1.89 bits per heavy atom. The summed E-state index contributed by atoms with van der Waals surface area (Å²) in [6, 6.07) is 1.65. The molecule has 0 bridgehead atoms. The second kappa shape index (κ2) is 7.34. The Morgan fingerprint density at radius 1 is 1.37 bits per heavy atom. The number of aliphatic hydroxyl groups excluding tert-OH is 1. The average Bonchev–Trinajstić information content (AvgIpc) is 2.22. The van der Waals surface area contributed by atoms with Gasteiger partial charge in [-0.05, 0) is 40.0 Å². The number of amides is 1. The first-order valence-corrected chi connectivity index (χ1v) is 6.64. The fourth-order valence-electron chi connectivity index (χ4n) is 1.71. The fraction of sp³-hybridized carbons (Fsp3) is 0.857. The first-order valence-electron chi connectivity index (χ1n) is 6.64. The van der Waals surface area contributed by atoms with E-state index in [0.717, 1.165) is 0 Å². The molecule has 3 atom stereocenters. The maximum atomic E-state index is 11.7. The fourth-order valence-corrected chi connectivity index (χ4v) is 1.71. The van der Waals surface area contributed by atoms with E-state index in [-0.39, 0.29) is 11.8 Å². The second-order valence-electron chi connectivity index (χ2n) is 6.25. The van der Waals surface area contributed by atoms with E-state index in [1.165, 1.54) is 0 Å². The molecule has 0 radical (unpaired) electrons. The smallest absolute Gasteiger partial charge is 0.407 e. The molecule has 0 saturated carbocycles. The molecule has 0 saturated heterocycles. The van der Waals surface area contributed by atoms with Crippen LogP contribution < -0.4 is 5.32 Å². The Labute approximate surface area is 115 Å². The third kappa shape index (κ3) is 7.68. The molecule has 19 heavy (non-hydrogen) atoms. The molecule has 0 rings (SSSR count). The van der Waals surface area contributed by atoms with Gasteiger partial charge in [-0.15, -0.1) is 0 Å². The number of carbonyl (C=O) groups is 1. The van der Waals surface area contributed by atoms with Gasteiger partial charge in [-0.2, -0.15) is 5.26 Å². The van der Waals surface area contributed by atoms with Crippen LogP contribution in [-0.4, -0.2) is 28.9 Å². The molecule has 2 N–H and O–H groups in total. The van der Waals surface area contributed by atoms with Gasteiger partial charge in [0.1, 0.15) is 5.60 Å². The summed E-state index contributed by atoms with van der Waals surface area (Å²) in [5.74, 6) is -0.204. The van der Waals surface area contributed by atoms with Crippen LogP contribution >= 0.6 is 0 Å². The van der Waals surface area contributed by atoms with E-state index in [2.05, 4.69) is 11.4 Å². The zero-order chi connectivity index (χ0) is 15.2. The molecular weight excluding hydrogens is 244 g/mol. The highest BCUT2D eigenvalue weighted by molar-refractivity contribution is 5.68. The monoisotopic (exact) mass is 270 g/mol. The molecule has 0 aromatic rings. The normalized spacial score (nSPS) is 16.4. The van der Waals surface area contributed by atoms with Gasteiger partial charge in [-0.3, -0.25) is 0 Å². The Hall–Kier alpha value is -1.28.